The first-order chi connectivity index (χ1) is 9.12. The average Bonchev–Trinajstić information content (AvgIpc) is 3.29. The molecular weight excluding hydrogens is 242 g/mol. The Balaban J connectivity index is 1.67. The van der Waals surface area contributed by atoms with E-state index in [1.165, 1.54) is 12.8 Å². The molecule has 98 valence electrons. The highest BCUT2D eigenvalue weighted by molar-refractivity contribution is 6.02. The topological polar surface area (TPSA) is 57.6 Å². The molecule has 4 heteroatoms. The first-order valence-corrected chi connectivity index (χ1v) is 6.75. The Kier molecular flexibility index (Phi) is 1.96. The zero-order chi connectivity index (χ0) is 13.2. The fourth-order valence-corrected chi connectivity index (χ4v) is 3.43. The standard InChI is InChI=1S/C15H15NO3/c17-13(11-7-15(11)5-6-15)16-8-10(14(18)19)9-3-1-2-4-12(9)16/h1-4,10-11H,5-8H2,(H,18,19)/t10-,11-/m0/s1. The zero-order valence-electron chi connectivity index (χ0n) is 10.5. The lowest BCUT2D eigenvalue weighted by Gasteiger charge is -2.17. The van der Waals surface area contributed by atoms with E-state index >= 15 is 0 Å². The summed E-state index contributed by atoms with van der Waals surface area (Å²) in [7, 11) is 0. The minimum Gasteiger partial charge on any atom is -0.481 e. The van der Waals surface area contributed by atoms with Gasteiger partial charge >= 0.3 is 5.97 Å². The molecule has 1 heterocycles. The highest BCUT2D eigenvalue weighted by Crippen LogP contribution is 2.71. The first kappa shape index (κ1) is 11.0. The molecule has 0 saturated heterocycles. The van der Waals surface area contributed by atoms with Crippen molar-refractivity contribution in [3.63, 3.8) is 0 Å². The van der Waals surface area contributed by atoms with Gasteiger partial charge in [-0.3, -0.25) is 9.59 Å². The van der Waals surface area contributed by atoms with E-state index in [0.29, 0.717) is 12.0 Å². The van der Waals surface area contributed by atoms with Gasteiger partial charge in [0, 0.05) is 18.2 Å². The molecule has 1 amide bonds. The number of carbonyl (C=O) groups excluding carboxylic acids is 1. The molecule has 1 N–H and O–H groups in total. The van der Waals surface area contributed by atoms with E-state index in [2.05, 4.69) is 0 Å². The number of anilines is 1. The van der Waals surface area contributed by atoms with Crippen LogP contribution in [0.5, 0.6) is 0 Å². The van der Waals surface area contributed by atoms with Crippen LogP contribution in [0.4, 0.5) is 5.69 Å². The van der Waals surface area contributed by atoms with Crippen molar-refractivity contribution in [1.29, 1.82) is 0 Å². The van der Waals surface area contributed by atoms with Crippen molar-refractivity contribution in [3.05, 3.63) is 29.8 Å². The quantitative estimate of drug-likeness (QED) is 0.881. The molecule has 1 aromatic rings. The van der Waals surface area contributed by atoms with Gasteiger partial charge in [0.05, 0.1) is 0 Å². The van der Waals surface area contributed by atoms with Crippen molar-refractivity contribution < 1.29 is 14.7 Å². The molecule has 0 radical (unpaired) electrons. The molecule has 0 bridgehead atoms. The summed E-state index contributed by atoms with van der Waals surface area (Å²) in [6, 6.07) is 7.38. The summed E-state index contributed by atoms with van der Waals surface area (Å²) in [4.78, 5) is 25.5. The maximum atomic E-state index is 12.5. The molecule has 2 saturated carbocycles. The summed E-state index contributed by atoms with van der Waals surface area (Å²) in [6.07, 6.45) is 3.34. The maximum absolute atomic E-state index is 12.5. The lowest BCUT2D eigenvalue weighted by atomic mass is 10.0. The first-order valence-electron chi connectivity index (χ1n) is 6.75. The molecule has 2 fully saturated rings. The number of aliphatic carboxylic acids is 1. The average molecular weight is 257 g/mol. The van der Waals surface area contributed by atoms with Gasteiger partial charge in [0.25, 0.3) is 0 Å². The molecule has 1 aliphatic heterocycles. The lowest BCUT2D eigenvalue weighted by Crippen LogP contribution is -2.33. The number of hydrogen-bond donors (Lipinski definition) is 1. The fraction of sp³-hybridized carbons (Fsp3) is 0.467. The SMILES string of the molecule is O=C(O)[C@H]1CN(C(=O)[C@@H]2CC23CC3)c2ccccc21. The number of benzene rings is 1. The number of carboxylic acids is 1. The second-order valence-corrected chi connectivity index (χ2v) is 6.02. The molecule has 1 spiro atoms. The van der Waals surface area contributed by atoms with Gasteiger partial charge in [0.2, 0.25) is 5.91 Å². The number of hydrogen-bond acceptors (Lipinski definition) is 2. The smallest absolute Gasteiger partial charge is 0.312 e. The van der Waals surface area contributed by atoms with E-state index < -0.39 is 11.9 Å². The Labute approximate surface area is 111 Å². The molecule has 4 nitrogen and oxygen atoms in total. The number of amides is 1. The van der Waals surface area contributed by atoms with Crippen LogP contribution in [0, 0.1) is 11.3 Å². The molecule has 19 heavy (non-hydrogen) atoms. The van der Waals surface area contributed by atoms with Crippen molar-refractivity contribution in [2.24, 2.45) is 11.3 Å². The van der Waals surface area contributed by atoms with Gasteiger partial charge in [-0.1, -0.05) is 18.2 Å². The van der Waals surface area contributed by atoms with Crippen LogP contribution in [0.3, 0.4) is 0 Å². The highest BCUT2D eigenvalue weighted by atomic mass is 16.4. The number of fused-ring (bicyclic) bond motifs is 1. The summed E-state index contributed by atoms with van der Waals surface area (Å²) in [5.74, 6) is -1.14. The Morgan fingerprint density at radius 1 is 1.26 bits per heavy atom. The number of nitrogens with zero attached hydrogens (tertiary/aromatic N) is 1. The van der Waals surface area contributed by atoms with Crippen LogP contribution in [0.2, 0.25) is 0 Å². The summed E-state index contributed by atoms with van der Waals surface area (Å²) < 4.78 is 0. The summed E-state index contributed by atoms with van der Waals surface area (Å²) in [5.41, 5.74) is 1.88. The van der Waals surface area contributed by atoms with Gasteiger partial charge in [-0.25, -0.2) is 0 Å². The fourth-order valence-electron chi connectivity index (χ4n) is 3.43. The number of para-hydroxylation sites is 1. The van der Waals surface area contributed by atoms with Crippen LogP contribution in [0.15, 0.2) is 24.3 Å². The molecule has 0 aromatic heterocycles. The molecule has 3 aliphatic rings. The number of carbonyl (C=O) groups is 2. The Bertz CT molecular complexity index is 591. The van der Waals surface area contributed by atoms with Gasteiger partial charge in [-0.15, -0.1) is 0 Å². The van der Waals surface area contributed by atoms with Crippen LogP contribution in [0.1, 0.15) is 30.7 Å². The van der Waals surface area contributed by atoms with Crippen molar-refractivity contribution in [2.45, 2.75) is 25.2 Å². The summed E-state index contributed by atoms with van der Waals surface area (Å²) >= 11 is 0. The summed E-state index contributed by atoms with van der Waals surface area (Å²) in [6.45, 7) is 0.292. The van der Waals surface area contributed by atoms with Crippen molar-refractivity contribution in [1.82, 2.24) is 0 Å². The molecular formula is C15H15NO3. The van der Waals surface area contributed by atoms with Crippen molar-refractivity contribution in [2.75, 3.05) is 11.4 Å². The molecule has 4 rings (SSSR count). The maximum Gasteiger partial charge on any atom is 0.312 e. The Morgan fingerprint density at radius 2 is 2.00 bits per heavy atom. The molecule has 2 aliphatic carbocycles. The van der Waals surface area contributed by atoms with E-state index in [0.717, 1.165) is 17.7 Å². The van der Waals surface area contributed by atoms with Crippen LogP contribution in [-0.4, -0.2) is 23.5 Å². The second kappa shape index (κ2) is 3.38. The van der Waals surface area contributed by atoms with E-state index in [1.807, 2.05) is 24.3 Å². The van der Waals surface area contributed by atoms with Crippen LogP contribution >= 0.6 is 0 Å². The van der Waals surface area contributed by atoms with Gasteiger partial charge < -0.3 is 10.0 Å². The molecule has 1 aromatic carbocycles. The lowest BCUT2D eigenvalue weighted by molar-refractivity contribution is -0.138. The van der Waals surface area contributed by atoms with Gasteiger partial charge in [0.15, 0.2) is 0 Å². The van der Waals surface area contributed by atoms with Crippen LogP contribution in [-0.2, 0) is 9.59 Å². The normalized spacial score (nSPS) is 29.2. The van der Waals surface area contributed by atoms with E-state index in [9.17, 15) is 14.7 Å². The third kappa shape index (κ3) is 1.46. The number of rotatable bonds is 2. The molecule has 2 atom stereocenters. The van der Waals surface area contributed by atoms with Crippen LogP contribution in [0.25, 0.3) is 0 Å². The highest BCUT2D eigenvalue weighted by Gasteiger charge is 2.66. The second-order valence-electron chi connectivity index (χ2n) is 6.02. The monoisotopic (exact) mass is 257 g/mol. The zero-order valence-corrected chi connectivity index (χ0v) is 10.5. The largest absolute Gasteiger partial charge is 0.481 e. The van der Waals surface area contributed by atoms with Crippen LogP contribution < -0.4 is 4.90 Å². The Morgan fingerprint density at radius 3 is 2.63 bits per heavy atom. The predicted molar refractivity (Wildman–Crippen MR) is 68.9 cm³/mol. The van der Waals surface area contributed by atoms with Gasteiger partial charge in [0.1, 0.15) is 5.92 Å². The number of carboxylic acid groups (broad SMARTS) is 1. The predicted octanol–water partition coefficient (Wildman–Crippen LogP) is 2.00. The third-order valence-electron chi connectivity index (χ3n) is 4.91. The van der Waals surface area contributed by atoms with Gasteiger partial charge in [-0.2, -0.15) is 0 Å². The molecule has 0 unspecified atom stereocenters. The van der Waals surface area contributed by atoms with Crippen molar-refractivity contribution >= 4 is 17.6 Å². The van der Waals surface area contributed by atoms with E-state index in [4.69, 9.17) is 0 Å². The van der Waals surface area contributed by atoms with Gasteiger partial charge in [-0.05, 0) is 36.3 Å². The minimum absolute atomic E-state index is 0.133. The summed E-state index contributed by atoms with van der Waals surface area (Å²) in [5, 5.41) is 9.29. The third-order valence-corrected chi connectivity index (χ3v) is 4.91. The Hall–Kier alpha value is -1.84. The van der Waals surface area contributed by atoms with Crippen molar-refractivity contribution in [3.8, 4) is 0 Å². The van der Waals surface area contributed by atoms with E-state index in [-0.39, 0.29) is 11.8 Å². The minimum atomic E-state index is -0.848. The van der Waals surface area contributed by atoms with E-state index in [1.54, 1.807) is 4.90 Å².